The number of ether oxygens (including phenoxy) is 2. The Kier molecular flexibility index (Phi) is 4.82. The van der Waals surface area contributed by atoms with Crippen LogP contribution in [-0.2, 0) is 19.1 Å². The zero-order valence-corrected chi connectivity index (χ0v) is 9.69. The van der Waals surface area contributed by atoms with Crippen LogP contribution >= 0.6 is 0 Å². The molecular weight excluding hydrogens is 210 g/mol. The van der Waals surface area contributed by atoms with Crippen LogP contribution in [0.5, 0.6) is 0 Å². The van der Waals surface area contributed by atoms with Crippen LogP contribution in [0.15, 0.2) is 11.8 Å². The fourth-order valence-corrected chi connectivity index (χ4v) is 1.69. The highest BCUT2D eigenvalue weighted by Gasteiger charge is 2.21. The van der Waals surface area contributed by atoms with E-state index in [1.165, 1.54) is 20.3 Å². The minimum absolute atomic E-state index is 0.286. The molecule has 0 unspecified atom stereocenters. The molecule has 1 aliphatic heterocycles. The molecule has 0 aliphatic carbocycles. The molecule has 0 aromatic heterocycles. The Labute approximate surface area is 95.0 Å². The van der Waals surface area contributed by atoms with Crippen LogP contribution in [0, 0.1) is 0 Å². The summed E-state index contributed by atoms with van der Waals surface area (Å²) in [7, 11) is 2.58. The molecule has 0 atom stereocenters. The predicted molar refractivity (Wildman–Crippen MR) is 57.5 cm³/mol. The summed E-state index contributed by atoms with van der Waals surface area (Å²) >= 11 is 0. The number of carbonyl (C=O) groups excluding carboxylic acids is 2. The number of rotatable bonds is 3. The fourth-order valence-electron chi connectivity index (χ4n) is 1.69. The Morgan fingerprint density at radius 1 is 1.06 bits per heavy atom. The van der Waals surface area contributed by atoms with Gasteiger partial charge in [-0.25, -0.2) is 9.59 Å². The van der Waals surface area contributed by atoms with Crippen LogP contribution in [0.3, 0.4) is 0 Å². The molecule has 16 heavy (non-hydrogen) atoms. The van der Waals surface area contributed by atoms with E-state index in [1.54, 1.807) is 0 Å². The molecule has 1 saturated heterocycles. The normalized spacial score (nSPS) is 16.9. The maximum Gasteiger partial charge on any atom is 0.354 e. The monoisotopic (exact) mass is 227 g/mol. The average Bonchev–Trinajstić information content (AvgIpc) is 2.35. The molecule has 1 fully saturated rings. The zero-order valence-electron chi connectivity index (χ0n) is 9.69. The molecule has 0 amide bonds. The van der Waals surface area contributed by atoms with Crippen LogP contribution in [0.2, 0.25) is 0 Å². The van der Waals surface area contributed by atoms with Crippen molar-refractivity contribution in [3.8, 4) is 0 Å². The highest BCUT2D eigenvalue weighted by molar-refractivity contribution is 5.95. The molecule has 0 aromatic rings. The molecule has 0 spiro atoms. The summed E-state index contributed by atoms with van der Waals surface area (Å²) in [4.78, 5) is 24.5. The number of hydrogen-bond donors (Lipinski definition) is 0. The van der Waals surface area contributed by atoms with Crippen LogP contribution in [-0.4, -0.2) is 44.1 Å². The summed E-state index contributed by atoms with van der Waals surface area (Å²) in [5.74, 6) is -1.03. The standard InChI is InChI=1S/C11H17NO4/c1-15-10(13)8-9(11(14)16-2)12-6-4-3-5-7-12/h8H,3-7H2,1-2H3. The smallest absolute Gasteiger partial charge is 0.354 e. The average molecular weight is 227 g/mol. The van der Waals surface area contributed by atoms with E-state index in [-0.39, 0.29) is 5.70 Å². The third-order valence-corrected chi connectivity index (χ3v) is 2.55. The Hall–Kier alpha value is -1.52. The van der Waals surface area contributed by atoms with Gasteiger partial charge >= 0.3 is 11.9 Å². The highest BCUT2D eigenvalue weighted by atomic mass is 16.5. The number of hydrogen-bond acceptors (Lipinski definition) is 5. The van der Waals surface area contributed by atoms with E-state index in [4.69, 9.17) is 0 Å². The maximum atomic E-state index is 11.5. The van der Waals surface area contributed by atoms with Gasteiger partial charge in [-0.3, -0.25) is 0 Å². The molecule has 5 nitrogen and oxygen atoms in total. The van der Waals surface area contributed by atoms with Gasteiger partial charge in [0.2, 0.25) is 0 Å². The molecule has 0 bridgehead atoms. The summed E-state index contributed by atoms with van der Waals surface area (Å²) in [6.45, 7) is 1.55. The summed E-state index contributed by atoms with van der Waals surface area (Å²) in [5.41, 5.74) is 0.286. The molecule has 0 aromatic carbocycles. The van der Waals surface area contributed by atoms with Crippen molar-refractivity contribution in [1.82, 2.24) is 4.90 Å². The first-order valence-electron chi connectivity index (χ1n) is 5.32. The van der Waals surface area contributed by atoms with E-state index in [0.29, 0.717) is 0 Å². The number of likely N-dealkylation sites (tertiary alicyclic amines) is 1. The third-order valence-electron chi connectivity index (χ3n) is 2.55. The summed E-state index contributed by atoms with van der Waals surface area (Å²) < 4.78 is 9.17. The molecule has 0 saturated carbocycles. The van der Waals surface area contributed by atoms with Gasteiger partial charge in [0, 0.05) is 13.1 Å². The van der Waals surface area contributed by atoms with E-state index in [9.17, 15) is 9.59 Å². The largest absolute Gasteiger partial charge is 0.466 e. The fraction of sp³-hybridized carbons (Fsp3) is 0.636. The van der Waals surface area contributed by atoms with Gasteiger partial charge in [0.1, 0.15) is 5.70 Å². The van der Waals surface area contributed by atoms with Gasteiger partial charge in [-0.05, 0) is 19.3 Å². The van der Waals surface area contributed by atoms with Crippen molar-refractivity contribution in [2.45, 2.75) is 19.3 Å². The number of piperidine rings is 1. The van der Waals surface area contributed by atoms with E-state index in [0.717, 1.165) is 32.4 Å². The van der Waals surface area contributed by atoms with Crippen LogP contribution in [0.4, 0.5) is 0 Å². The van der Waals surface area contributed by atoms with Crippen molar-refractivity contribution in [3.63, 3.8) is 0 Å². The van der Waals surface area contributed by atoms with Gasteiger partial charge < -0.3 is 14.4 Å². The summed E-state index contributed by atoms with van der Waals surface area (Å²) in [5, 5.41) is 0. The molecule has 1 heterocycles. The van der Waals surface area contributed by atoms with Gasteiger partial charge in [-0.15, -0.1) is 0 Å². The lowest BCUT2D eigenvalue weighted by molar-refractivity contribution is -0.140. The van der Waals surface area contributed by atoms with Crippen molar-refractivity contribution in [2.24, 2.45) is 0 Å². The maximum absolute atomic E-state index is 11.5. The molecule has 5 heteroatoms. The lowest BCUT2D eigenvalue weighted by Gasteiger charge is -2.29. The van der Waals surface area contributed by atoms with E-state index in [2.05, 4.69) is 9.47 Å². The number of nitrogens with zero attached hydrogens (tertiary/aromatic N) is 1. The van der Waals surface area contributed by atoms with E-state index in [1.807, 2.05) is 4.90 Å². The number of methoxy groups -OCH3 is 2. The van der Waals surface area contributed by atoms with Crippen LogP contribution < -0.4 is 0 Å². The van der Waals surface area contributed by atoms with Gasteiger partial charge in [0.25, 0.3) is 0 Å². The second-order valence-electron chi connectivity index (χ2n) is 3.59. The highest BCUT2D eigenvalue weighted by Crippen LogP contribution is 2.15. The van der Waals surface area contributed by atoms with Crippen molar-refractivity contribution in [3.05, 3.63) is 11.8 Å². The molecule has 90 valence electrons. The quantitative estimate of drug-likeness (QED) is 0.525. The number of carbonyl (C=O) groups is 2. The second kappa shape index (κ2) is 6.15. The molecule has 0 N–H and O–H groups in total. The van der Waals surface area contributed by atoms with Crippen molar-refractivity contribution in [2.75, 3.05) is 27.3 Å². The first-order chi connectivity index (χ1) is 7.69. The van der Waals surface area contributed by atoms with Gasteiger partial charge in [0.15, 0.2) is 0 Å². The minimum atomic E-state index is -0.536. The van der Waals surface area contributed by atoms with E-state index >= 15 is 0 Å². The van der Waals surface area contributed by atoms with Crippen molar-refractivity contribution in [1.29, 1.82) is 0 Å². The Morgan fingerprint density at radius 3 is 2.19 bits per heavy atom. The van der Waals surface area contributed by atoms with Crippen molar-refractivity contribution < 1.29 is 19.1 Å². The first-order valence-corrected chi connectivity index (χ1v) is 5.32. The zero-order chi connectivity index (χ0) is 12.0. The topological polar surface area (TPSA) is 55.8 Å². The molecular formula is C11H17NO4. The Balaban J connectivity index is 2.81. The summed E-state index contributed by atoms with van der Waals surface area (Å²) in [6.07, 6.45) is 4.39. The van der Waals surface area contributed by atoms with E-state index < -0.39 is 11.9 Å². The Bertz CT molecular complexity index is 292. The number of esters is 2. The molecule has 1 aliphatic rings. The van der Waals surface area contributed by atoms with Crippen LogP contribution in [0.25, 0.3) is 0 Å². The lowest BCUT2D eigenvalue weighted by Crippen LogP contribution is -2.33. The molecule has 0 radical (unpaired) electrons. The Morgan fingerprint density at radius 2 is 1.69 bits per heavy atom. The second-order valence-corrected chi connectivity index (χ2v) is 3.59. The molecule has 1 rings (SSSR count). The lowest BCUT2D eigenvalue weighted by atomic mass is 10.1. The predicted octanol–water partition coefficient (Wildman–Crippen LogP) is 0.702. The third kappa shape index (κ3) is 3.25. The van der Waals surface area contributed by atoms with Gasteiger partial charge in [-0.2, -0.15) is 0 Å². The minimum Gasteiger partial charge on any atom is -0.466 e. The van der Waals surface area contributed by atoms with Crippen LogP contribution in [0.1, 0.15) is 19.3 Å². The first kappa shape index (κ1) is 12.5. The van der Waals surface area contributed by atoms with Crippen molar-refractivity contribution >= 4 is 11.9 Å². The SMILES string of the molecule is COC(=O)C=C(C(=O)OC)N1CCCCC1. The van der Waals surface area contributed by atoms with Gasteiger partial charge in [-0.1, -0.05) is 0 Å². The summed E-state index contributed by atoms with van der Waals surface area (Å²) in [6, 6.07) is 0. The van der Waals surface area contributed by atoms with Gasteiger partial charge in [0.05, 0.1) is 20.3 Å².